The minimum Gasteiger partial charge on any atom is -0.478 e. The van der Waals surface area contributed by atoms with E-state index < -0.39 is 6.10 Å². The molecule has 0 spiro atoms. The van der Waals surface area contributed by atoms with E-state index in [1.165, 1.54) is 0 Å². The monoisotopic (exact) mass is 278 g/mol. The number of nitrogens with two attached hydrogens (primary N) is 1. The zero-order valence-electron chi connectivity index (χ0n) is 12.2. The Kier molecular flexibility index (Phi) is 4.30. The predicted molar refractivity (Wildman–Crippen MR) is 77.7 cm³/mol. The molecule has 20 heavy (non-hydrogen) atoms. The van der Waals surface area contributed by atoms with Gasteiger partial charge in [0, 0.05) is 12.6 Å². The Morgan fingerprint density at radius 1 is 1.40 bits per heavy atom. The number of β-amino-alcohol motifs (C(OH)–C–C–N with tert-alkyl or cyclic N) is 1. The van der Waals surface area contributed by atoms with Crippen LogP contribution in [0.15, 0.2) is 18.2 Å². The Balaban J connectivity index is 2.45. The number of amides is 1. The van der Waals surface area contributed by atoms with Crippen molar-refractivity contribution < 1.29 is 14.6 Å². The number of nitrogens with zero attached hydrogens (tertiary/aromatic N) is 1. The van der Waals surface area contributed by atoms with Crippen molar-refractivity contribution >= 4 is 11.6 Å². The average molecular weight is 278 g/mol. The molecule has 1 aliphatic heterocycles. The molecule has 3 N–H and O–H groups in total. The van der Waals surface area contributed by atoms with Crippen LogP contribution >= 0.6 is 0 Å². The van der Waals surface area contributed by atoms with Gasteiger partial charge in [-0.3, -0.25) is 4.79 Å². The Labute approximate surface area is 119 Å². The minimum absolute atomic E-state index is 0.0740. The molecule has 0 aromatic heterocycles. The lowest BCUT2D eigenvalue weighted by molar-refractivity contribution is -0.128. The van der Waals surface area contributed by atoms with E-state index in [1.54, 1.807) is 4.90 Å². The second-order valence-electron chi connectivity index (χ2n) is 5.51. The largest absolute Gasteiger partial charge is 0.478 e. The van der Waals surface area contributed by atoms with Crippen molar-refractivity contribution in [3.8, 4) is 5.75 Å². The minimum atomic E-state index is -0.504. The van der Waals surface area contributed by atoms with E-state index in [9.17, 15) is 9.90 Å². The van der Waals surface area contributed by atoms with Crippen molar-refractivity contribution in [3.63, 3.8) is 0 Å². The number of aliphatic hydroxyl groups excluding tert-OH is 1. The van der Waals surface area contributed by atoms with Crippen molar-refractivity contribution in [1.82, 2.24) is 0 Å². The Morgan fingerprint density at radius 3 is 2.65 bits per heavy atom. The zero-order valence-corrected chi connectivity index (χ0v) is 12.2. The maximum atomic E-state index is 12.5. The molecule has 2 atom stereocenters. The summed E-state index contributed by atoms with van der Waals surface area (Å²) in [6.45, 7) is 5.96. The molecule has 1 aliphatic rings. The van der Waals surface area contributed by atoms with E-state index >= 15 is 0 Å². The number of carbonyl (C=O) groups is 1. The number of rotatable bonds is 4. The number of fused-ring (bicyclic) bond motifs is 1. The molecule has 0 bridgehead atoms. The second kappa shape index (κ2) is 5.81. The Bertz CT molecular complexity index is 500. The molecule has 110 valence electrons. The van der Waals surface area contributed by atoms with Crippen molar-refractivity contribution in [3.05, 3.63) is 23.8 Å². The standard InChI is InChI=1S/C15H22N2O3/c1-9(2)14-15(19)17(6-7-18)12-8-11(10(3)16)4-5-13(12)20-14/h4-5,8-10,14,18H,6-7,16H2,1-3H3. The van der Waals surface area contributed by atoms with Gasteiger partial charge in [0.15, 0.2) is 6.10 Å². The summed E-state index contributed by atoms with van der Waals surface area (Å²) in [4.78, 5) is 14.1. The lowest BCUT2D eigenvalue weighted by atomic mass is 10.0. The van der Waals surface area contributed by atoms with Crippen LogP contribution in [0.2, 0.25) is 0 Å². The van der Waals surface area contributed by atoms with Crippen LogP contribution in [0.1, 0.15) is 32.4 Å². The first kappa shape index (κ1) is 14.8. The highest BCUT2D eigenvalue weighted by atomic mass is 16.5. The predicted octanol–water partition coefficient (Wildman–Crippen LogP) is 1.45. The first-order valence-electron chi connectivity index (χ1n) is 6.94. The van der Waals surface area contributed by atoms with Gasteiger partial charge in [0.25, 0.3) is 5.91 Å². The third kappa shape index (κ3) is 2.64. The summed E-state index contributed by atoms with van der Waals surface area (Å²) in [6, 6.07) is 5.51. The fourth-order valence-electron chi connectivity index (χ4n) is 2.34. The van der Waals surface area contributed by atoms with Gasteiger partial charge in [-0.1, -0.05) is 19.9 Å². The molecule has 5 nitrogen and oxygen atoms in total. The highest BCUT2D eigenvalue weighted by Gasteiger charge is 2.36. The van der Waals surface area contributed by atoms with Gasteiger partial charge in [-0.25, -0.2) is 0 Å². The average Bonchev–Trinajstić information content (AvgIpc) is 2.40. The lowest BCUT2D eigenvalue weighted by Gasteiger charge is -2.36. The van der Waals surface area contributed by atoms with Crippen molar-refractivity contribution in [2.75, 3.05) is 18.1 Å². The van der Waals surface area contributed by atoms with Crippen LogP contribution in [-0.2, 0) is 4.79 Å². The summed E-state index contributed by atoms with van der Waals surface area (Å²) in [5, 5.41) is 9.21. The van der Waals surface area contributed by atoms with E-state index in [2.05, 4.69) is 0 Å². The number of ether oxygens (including phenoxy) is 1. The van der Waals surface area contributed by atoms with Crippen LogP contribution in [0.3, 0.4) is 0 Å². The molecule has 0 aliphatic carbocycles. The number of hydrogen-bond acceptors (Lipinski definition) is 4. The first-order valence-corrected chi connectivity index (χ1v) is 6.94. The third-order valence-electron chi connectivity index (χ3n) is 3.49. The molecular formula is C15H22N2O3. The maximum Gasteiger partial charge on any atom is 0.268 e. The lowest BCUT2D eigenvalue weighted by Crippen LogP contribution is -2.49. The molecule has 2 unspecified atom stereocenters. The summed E-state index contributed by atoms with van der Waals surface area (Å²) >= 11 is 0. The summed E-state index contributed by atoms with van der Waals surface area (Å²) in [5.41, 5.74) is 7.51. The van der Waals surface area contributed by atoms with Crippen LogP contribution in [-0.4, -0.2) is 30.3 Å². The fourth-order valence-corrected chi connectivity index (χ4v) is 2.34. The number of benzene rings is 1. The topological polar surface area (TPSA) is 75.8 Å². The summed E-state index contributed by atoms with van der Waals surface area (Å²) in [6.07, 6.45) is -0.504. The van der Waals surface area contributed by atoms with Gasteiger partial charge in [-0.05, 0) is 30.5 Å². The fraction of sp³-hybridized carbons (Fsp3) is 0.533. The smallest absolute Gasteiger partial charge is 0.268 e. The van der Waals surface area contributed by atoms with Gasteiger partial charge in [-0.2, -0.15) is 0 Å². The molecule has 1 aromatic rings. The second-order valence-corrected chi connectivity index (χ2v) is 5.51. The first-order chi connectivity index (χ1) is 9.45. The molecule has 1 heterocycles. The molecule has 0 saturated heterocycles. The summed E-state index contributed by atoms with van der Waals surface area (Å²) in [5.74, 6) is 0.634. The Hall–Kier alpha value is -1.59. The number of carbonyl (C=O) groups excluding carboxylic acids is 1. The molecule has 0 fully saturated rings. The third-order valence-corrected chi connectivity index (χ3v) is 3.49. The van der Waals surface area contributed by atoms with E-state index in [1.807, 2.05) is 39.0 Å². The maximum absolute atomic E-state index is 12.5. The van der Waals surface area contributed by atoms with Gasteiger partial charge < -0.3 is 20.5 Å². The molecule has 1 aromatic carbocycles. The number of aliphatic hydroxyl groups is 1. The highest BCUT2D eigenvalue weighted by Crippen LogP contribution is 2.37. The van der Waals surface area contributed by atoms with E-state index in [-0.39, 0.29) is 31.0 Å². The molecule has 0 radical (unpaired) electrons. The van der Waals surface area contributed by atoms with Gasteiger partial charge in [-0.15, -0.1) is 0 Å². The van der Waals surface area contributed by atoms with Gasteiger partial charge >= 0.3 is 0 Å². The van der Waals surface area contributed by atoms with E-state index in [4.69, 9.17) is 10.5 Å². The highest BCUT2D eigenvalue weighted by molar-refractivity contribution is 6.00. The quantitative estimate of drug-likeness (QED) is 0.874. The van der Waals surface area contributed by atoms with Crippen LogP contribution in [0.5, 0.6) is 5.75 Å². The van der Waals surface area contributed by atoms with Gasteiger partial charge in [0.1, 0.15) is 5.75 Å². The molecule has 0 saturated carbocycles. The SMILES string of the molecule is CC(N)c1ccc2c(c1)N(CCO)C(=O)C(C(C)C)O2. The van der Waals surface area contributed by atoms with Gasteiger partial charge in [0.05, 0.1) is 12.3 Å². The molecule has 5 heteroatoms. The number of hydrogen-bond donors (Lipinski definition) is 2. The van der Waals surface area contributed by atoms with Crippen LogP contribution in [0, 0.1) is 5.92 Å². The van der Waals surface area contributed by atoms with Crippen molar-refractivity contribution in [2.45, 2.75) is 32.9 Å². The van der Waals surface area contributed by atoms with Crippen LogP contribution < -0.4 is 15.4 Å². The zero-order chi connectivity index (χ0) is 14.9. The summed E-state index contributed by atoms with van der Waals surface area (Å²) in [7, 11) is 0. The Morgan fingerprint density at radius 2 is 2.10 bits per heavy atom. The van der Waals surface area contributed by atoms with Crippen molar-refractivity contribution in [1.29, 1.82) is 0 Å². The molecule has 1 amide bonds. The van der Waals surface area contributed by atoms with Gasteiger partial charge in [0.2, 0.25) is 0 Å². The van der Waals surface area contributed by atoms with E-state index in [0.717, 1.165) is 5.56 Å². The molecule has 2 rings (SSSR count). The molecular weight excluding hydrogens is 256 g/mol. The van der Waals surface area contributed by atoms with E-state index in [0.29, 0.717) is 11.4 Å². The number of anilines is 1. The van der Waals surface area contributed by atoms with Crippen LogP contribution in [0.4, 0.5) is 5.69 Å². The van der Waals surface area contributed by atoms with Crippen molar-refractivity contribution in [2.24, 2.45) is 11.7 Å². The van der Waals surface area contributed by atoms with Crippen LogP contribution in [0.25, 0.3) is 0 Å². The normalized spacial score (nSPS) is 19.8. The summed E-state index contributed by atoms with van der Waals surface area (Å²) < 4.78 is 5.80.